The van der Waals surface area contributed by atoms with Crippen LogP contribution in [0.15, 0.2) is 23.1 Å². The van der Waals surface area contributed by atoms with E-state index in [1.165, 1.54) is 10.6 Å². The molecule has 0 aliphatic heterocycles. The Kier molecular flexibility index (Phi) is 4.36. The number of hydrogen-bond donors (Lipinski definition) is 1. The molecule has 1 saturated carbocycles. The second-order valence-electron chi connectivity index (χ2n) is 5.99. The Morgan fingerprint density at radius 2 is 2.09 bits per heavy atom. The second-order valence-corrected chi connectivity index (χ2v) is 6.40. The third-order valence-electron chi connectivity index (χ3n) is 4.40. The van der Waals surface area contributed by atoms with Gasteiger partial charge in [-0.15, -0.1) is 0 Å². The van der Waals surface area contributed by atoms with E-state index in [0.717, 1.165) is 25.7 Å². The summed E-state index contributed by atoms with van der Waals surface area (Å²) in [5, 5.41) is 0.432. The summed E-state index contributed by atoms with van der Waals surface area (Å²) in [5.74, 6) is 1.03. The van der Waals surface area contributed by atoms with Crippen molar-refractivity contribution >= 4 is 22.6 Å². The molecule has 118 valence electrons. The van der Waals surface area contributed by atoms with E-state index >= 15 is 0 Å². The SMILES string of the molecule is Cn1c(=O)ccc2ncc(Cl)c(OC[C@H]3CC[C@H](N)CC3)c21. The molecule has 0 aromatic carbocycles. The van der Waals surface area contributed by atoms with E-state index in [1.807, 2.05) is 0 Å². The smallest absolute Gasteiger partial charge is 0.250 e. The maximum Gasteiger partial charge on any atom is 0.250 e. The lowest BCUT2D eigenvalue weighted by Gasteiger charge is -2.26. The van der Waals surface area contributed by atoms with Gasteiger partial charge in [0.1, 0.15) is 10.5 Å². The van der Waals surface area contributed by atoms with Gasteiger partial charge in [0.05, 0.1) is 18.3 Å². The van der Waals surface area contributed by atoms with Gasteiger partial charge in [0.2, 0.25) is 0 Å². The molecular formula is C16H20ClN3O2. The average Bonchev–Trinajstić information content (AvgIpc) is 2.52. The molecule has 1 aliphatic rings. The van der Waals surface area contributed by atoms with Crippen molar-refractivity contribution in [2.45, 2.75) is 31.7 Å². The maximum atomic E-state index is 11.9. The number of halogens is 1. The first-order chi connectivity index (χ1) is 10.6. The predicted molar refractivity (Wildman–Crippen MR) is 87.4 cm³/mol. The summed E-state index contributed by atoms with van der Waals surface area (Å²) in [4.78, 5) is 16.1. The third-order valence-corrected chi connectivity index (χ3v) is 4.67. The minimum atomic E-state index is -0.106. The molecule has 0 atom stereocenters. The van der Waals surface area contributed by atoms with Gasteiger partial charge >= 0.3 is 0 Å². The van der Waals surface area contributed by atoms with Gasteiger partial charge in [0.15, 0.2) is 5.75 Å². The molecule has 0 spiro atoms. The Morgan fingerprint density at radius 1 is 1.36 bits per heavy atom. The van der Waals surface area contributed by atoms with Crippen molar-refractivity contribution in [3.05, 3.63) is 33.7 Å². The van der Waals surface area contributed by atoms with E-state index in [1.54, 1.807) is 19.3 Å². The average molecular weight is 322 g/mol. The Labute approximate surface area is 134 Å². The number of aromatic nitrogens is 2. The van der Waals surface area contributed by atoms with Crippen molar-refractivity contribution in [3.8, 4) is 5.75 Å². The van der Waals surface area contributed by atoms with Crippen molar-refractivity contribution < 1.29 is 4.74 Å². The molecule has 5 nitrogen and oxygen atoms in total. The van der Waals surface area contributed by atoms with E-state index in [0.29, 0.717) is 40.4 Å². The summed E-state index contributed by atoms with van der Waals surface area (Å²) in [6, 6.07) is 3.51. The Hall–Kier alpha value is -1.59. The molecule has 22 heavy (non-hydrogen) atoms. The normalized spacial score (nSPS) is 22.0. The number of nitrogens with zero attached hydrogens (tertiary/aromatic N) is 2. The lowest BCUT2D eigenvalue weighted by molar-refractivity contribution is 0.202. The molecule has 2 aromatic rings. The molecule has 0 saturated heterocycles. The van der Waals surface area contributed by atoms with Gasteiger partial charge in [0.25, 0.3) is 5.56 Å². The highest BCUT2D eigenvalue weighted by atomic mass is 35.5. The number of ether oxygens (including phenoxy) is 1. The molecule has 2 N–H and O–H groups in total. The first-order valence-electron chi connectivity index (χ1n) is 7.59. The van der Waals surface area contributed by atoms with Crippen LogP contribution in [-0.4, -0.2) is 22.2 Å². The van der Waals surface area contributed by atoms with E-state index in [9.17, 15) is 4.79 Å². The van der Waals surface area contributed by atoms with Gasteiger partial charge in [-0.05, 0) is 37.7 Å². The number of hydrogen-bond acceptors (Lipinski definition) is 4. The number of pyridine rings is 2. The van der Waals surface area contributed by atoms with Crippen LogP contribution in [0.3, 0.4) is 0 Å². The monoisotopic (exact) mass is 321 g/mol. The zero-order valence-corrected chi connectivity index (χ0v) is 13.3. The van der Waals surface area contributed by atoms with Crippen LogP contribution in [0, 0.1) is 5.92 Å². The van der Waals surface area contributed by atoms with E-state index in [2.05, 4.69) is 4.98 Å². The van der Waals surface area contributed by atoms with E-state index in [4.69, 9.17) is 22.1 Å². The molecule has 3 rings (SSSR count). The van der Waals surface area contributed by atoms with E-state index < -0.39 is 0 Å². The Bertz CT molecular complexity index is 736. The zero-order chi connectivity index (χ0) is 15.7. The van der Waals surface area contributed by atoms with Crippen LogP contribution in [0.2, 0.25) is 5.02 Å². The van der Waals surface area contributed by atoms with Gasteiger partial charge in [-0.2, -0.15) is 0 Å². The predicted octanol–water partition coefficient (Wildman–Crippen LogP) is 2.48. The van der Waals surface area contributed by atoms with Gasteiger partial charge in [-0.3, -0.25) is 9.78 Å². The molecule has 1 fully saturated rings. The summed E-state index contributed by atoms with van der Waals surface area (Å²) in [6.45, 7) is 0.592. The summed E-state index contributed by atoms with van der Waals surface area (Å²) in [7, 11) is 1.70. The minimum Gasteiger partial charge on any atom is -0.489 e. The van der Waals surface area contributed by atoms with Crippen LogP contribution in [0.5, 0.6) is 5.75 Å². The molecule has 2 heterocycles. The van der Waals surface area contributed by atoms with E-state index in [-0.39, 0.29) is 5.56 Å². The molecule has 0 radical (unpaired) electrons. The third kappa shape index (κ3) is 2.96. The van der Waals surface area contributed by atoms with Gasteiger partial charge < -0.3 is 15.0 Å². The molecule has 0 amide bonds. The molecular weight excluding hydrogens is 302 g/mol. The first kappa shape index (κ1) is 15.3. The van der Waals surface area contributed by atoms with Crippen LogP contribution in [0.1, 0.15) is 25.7 Å². The van der Waals surface area contributed by atoms with Crippen LogP contribution in [-0.2, 0) is 7.05 Å². The Balaban J connectivity index is 1.88. The number of aryl methyl sites for hydroxylation is 1. The first-order valence-corrected chi connectivity index (χ1v) is 7.96. The minimum absolute atomic E-state index is 0.106. The maximum absolute atomic E-state index is 11.9. The van der Waals surface area contributed by atoms with Crippen molar-refractivity contribution in [3.63, 3.8) is 0 Å². The summed E-state index contributed by atoms with van der Waals surface area (Å²) in [5.41, 5.74) is 7.17. The molecule has 0 bridgehead atoms. The number of rotatable bonds is 3. The molecule has 2 aromatic heterocycles. The lowest BCUT2D eigenvalue weighted by Crippen LogP contribution is -2.29. The Morgan fingerprint density at radius 3 is 2.82 bits per heavy atom. The van der Waals surface area contributed by atoms with Gasteiger partial charge in [0, 0.05) is 19.2 Å². The highest BCUT2D eigenvalue weighted by Gasteiger charge is 2.20. The fraction of sp³-hybridized carbons (Fsp3) is 0.500. The van der Waals surface area contributed by atoms with Crippen molar-refractivity contribution in [2.24, 2.45) is 18.7 Å². The zero-order valence-electron chi connectivity index (χ0n) is 12.6. The van der Waals surface area contributed by atoms with Crippen molar-refractivity contribution in [1.82, 2.24) is 9.55 Å². The number of fused-ring (bicyclic) bond motifs is 1. The fourth-order valence-electron chi connectivity index (χ4n) is 2.99. The largest absolute Gasteiger partial charge is 0.489 e. The number of nitrogens with two attached hydrogens (primary N) is 1. The molecule has 6 heteroatoms. The summed E-state index contributed by atoms with van der Waals surface area (Å²) >= 11 is 6.25. The van der Waals surface area contributed by atoms with Crippen LogP contribution >= 0.6 is 11.6 Å². The summed E-state index contributed by atoms with van der Waals surface area (Å²) in [6.07, 6.45) is 5.79. The van der Waals surface area contributed by atoms with Gasteiger partial charge in [-0.25, -0.2) is 0 Å². The van der Waals surface area contributed by atoms with Crippen LogP contribution in [0.4, 0.5) is 0 Å². The topological polar surface area (TPSA) is 70.1 Å². The summed E-state index contributed by atoms with van der Waals surface area (Å²) < 4.78 is 7.52. The molecule has 1 aliphatic carbocycles. The van der Waals surface area contributed by atoms with Crippen molar-refractivity contribution in [1.29, 1.82) is 0 Å². The standard InChI is InChI=1S/C16H20ClN3O2/c1-20-14(21)7-6-13-15(20)16(12(17)8-19-13)22-9-10-2-4-11(18)5-3-10/h6-8,10-11H,2-5,9,18H2,1H3/t10-,11-. The highest BCUT2D eigenvalue weighted by molar-refractivity contribution is 6.32. The lowest BCUT2D eigenvalue weighted by atomic mass is 9.87. The molecule has 0 unspecified atom stereocenters. The van der Waals surface area contributed by atoms with Crippen LogP contribution < -0.4 is 16.0 Å². The van der Waals surface area contributed by atoms with Crippen LogP contribution in [0.25, 0.3) is 11.0 Å². The van der Waals surface area contributed by atoms with Gasteiger partial charge in [-0.1, -0.05) is 11.6 Å². The quantitative estimate of drug-likeness (QED) is 0.943. The highest BCUT2D eigenvalue weighted by Crippen LogP contribution is 2.32. The fourth-order valence-corrected chi connectivity index (χ4v) is 3.18. The van der Waals surface area contributed by atoms with Crippen molar-refractivity contribution in [2.75, 3.05) is 6.61 Å². The second kappa shape index (κ2) is 6.26.